The van der Waals surface area contributed by atoms with Crippen LogP contribution in [-0.2, 0) is 0 Å². The number of rotatable bonds is 4. The summed E-state index contributed by atoms with van der Waals surface area (Å²) >= 11 is 0. The monoisotopic (exact) mass is 266 g/mol. The molecule has 0 bridgehead atoms. The van der Waals surface area contributed by atoms with Crippen molar-refractivity contribution in [2.24, 2.45) is 0 Å². The van der Waals surface area contributed by atoms with Crippen molar-refractivity contribution in [1.29, 1.82) is 0 Å². The summed E-state index contributed by atoms with van der Waals surface area (Å²) in [4.78, 5) is 10.7. The maximum Gasteiger partial charge on any atom is 0.228 e. The fourth-order valence-electron chi connectivity index (χ4n) is 2.55. The number of nitrogens with zero attached hydrogens (tertiary/aromatic N) is 2. The molecule has 0 amide bonds. The molecule has 1 aromatic heterocycles. The average Bonchev–Trinajstić information content (AvgIpc) is 2.89. The predicted octanol–water partition coefficient (Wildman–Crippen LogP) is 3.51. The molecule has 1 heterocycles. The summed E-state index contributed by atoms with van der Waals surface area (Å²) in [6, 6.07) is 19.2. The summed E-state index contributed by atoms with van der Waals surface area (Å²) in [5.74, 6) is 0. The van der Waals surface area contributed by atoms with Gasteiger partial charge in [0.25, 0.3) is 0 Å². The molecule has 4 heteroatoms. The Balaban J connectivity index is 2.12. The number of hydrogen-bond donors (Lipinski definition) is 0. The highest BCUT2D eigenvalue weighted by Gasteiger charge is 2.20. The molecule has 0 aliphatic heterocycles. The van der Waals surface area contributed by atoms with E-state index in [0.717, 1.165) is 16.5 Å². The van der Waals surface area contributed by atoms with Gasteiger partial charge < -0.3 is 4.57 Å². The van der Waals surface area contributed by atoms with Crippen LogP contribution in [0.15, 0.2) is 66.9 Å². The Bertz CT molecular complexity index is 734. The van der Waals surface area contributed by atoms with Crippen molar-refractivity contribution >= 4 is 10.9 Å². The predicted molar refractivity (Wildman–Crippen MR) is 78.4 cm³/mol. The van der Waals surface area contributed by atoms with Crippen molar-refractivity contribution in [3.05, 3.63) is 82.5 Å². The largest absolute Gasteiger partial charge is 0.333 e. The van der Waals surface area contributed by atoms with Crippen LogP contribution in [0.5, 0.6) is 0 Å². The molecule has 0 aliphatic rings. The lowest BCUT2D eigenvalue weighted by Crippen LogP contribution is -2.19. The molecule has 100 valence electrons. The summed E-state index contributed by atoms with van der Waals surface area (Å²) in [6.45, 7) is -0.122. The molecule has 20 heavy (non-hydrogen) atoms. The molecule has 0 spiro atoms. The second-order valence-corrected chi connectivity index (χ2v) is 4.72. The Kier molecular flexibility index (Phi) is 3.21. The fourth-order valence-corrected chi connectivity index (χ4v) is 2.55. The summed E-state index contributed by atoms with van der Waals surface area (Å²) in [5, 5.41) is 12.1. The van der Waals surface area contributed by atoms with Gasteiger partial charge in [-0.15, -0.1) is 0 Å². The molecule has 0 unspecified atom stereocenters. The summed E-state index contributed by atoms with van der Waals surface area (Å²) in [7, 11) is 0. The zero-order valence-electron chi connectivity index (χ0n) is 10.8. The van der Waals surface area contributed by atoms with Gasteiger partial charge in [-0.25, -0.2) is 0 Å². The normalized spacial score (nSPS) is 12.4. The molecule has 0 aliphatic carbocycles. The van der Waals surface area contributed by atoms with Gasteiger partial charge in [0, 0.05) is 16.6 Å². The third-order valence-electron chi connectivity index (χ3n) is 3.47. The maximum absolute atomic E-state index is 11.0. The van der Waals surface area contributed by atoms with Gasteiger partial charge in [-0.2, -0.15) is 0 Å². The van der Waals surface area contributed by atoms with Crippen LogP contribution in [0.2, 0.25) is 0 Å². The smallest absolute Gasteiger partial charge is 0.228 e. The van der Waals surface area contributed by atoms with Crippen LogP contribution < -0.4 is 0 Å². The fraction of sp³-hybridized carbons (Fsp3) is 0.125. The number of benzene rings is 2. The Hall–Kier alpha value is -2.62. The minimum absolute atomic E-state index is 0.122. The van der Waals surface area contributed by atoms with Crippen molar-refractivity contribution in [2.45, 2.75) is 6.04 Å². The van der Waals surface area contributed by atoms with Gasteiger partial charge in [-0.1, -0.05) is 48.5 Å². The van der Waals surface area contributed by atoms with Gasteiger partial charge in [0.2, 0.25) is 6.54 Å². The SMILES string of the molecule is O=[N+]([O-])C[C@H](c1ccccc1)n1ccc2ccccc21. The third kappa shape index (κ3) is 2.28. The van der Waals surface area contributed by atoms with E-state index in [1.165, 1.54) is 0 Å². The van der Waals surface area contributed by atoms with E-state index >= 15 is 0 Å². The Morgan fingerprint density at radius 1 is 1.00 bits per heavy atom. The zero-order valence-corrected chi connectivity index (χ0v) is 10.8. The van der Waals surface area contributed by atoms with Gasteiger partial charge >= 0.3 is 0 Å². The van der Waals surface area contributed by atoms with Gasteiger partial charge in [0.15, 0.2) is 0 Å². The molecular weight excluding hydrogens is 252 g/mol. The third-order valence-corrected chi connectivity index (χ3v) is 3.47. The van der Waals surface area contributed by atoms with Crippen molar-refractivity contribution < 1.29 is 4.92 Å². The van der Waals surface area contributed by atoms with E-state index in [-0.39, 0.29) is 17.5 Å². The lowest BCUT2D eigenvalue weighted by atomic mass is 10.1. The van der Waals surface area contributed by atoms with Crippen LogP contribution in [0.25, 0.3) is 10.9 Å². The molecule has 3 rings (SSSR count). The number of nitro groups is 1. The lowest BCUT2D eigenvalue weighted by molar-refractivity contribution is -0.484. The molecule has 1 atom stereocenters. The number of fused-ring (bicyclic) bond motifs is 1. The topological polar surface area (TPSA) is 48.1 Å². The zero-order chi connectivity index (χ0) is 13.9. The standard InChI is InChI=1S/C16H14N2O2/c19-18(20)12-16(13-6-2-1-3-7-13)17-11-10-14-8-4-5-9-15(14)17/h1-11,16H,12H2/t16-/m1/s1. The van der Waals surface area contributed by atoms with Crippen LogP contribution in [-0.4, -0.2) is 16.0 Å². The highest BCUT2D eigenvalue weighted by atomic mass is 16.6. The van der Waals surface area contributed by atoms with Gasteiger partial charge in [0.1, 0.15) is 6.04 Å². The number of aromatic nitrogens is 1. The summed E-state index contributed by atoms with van der Waals surface area (Å²) < 4.78 is 1.98. The van der Waals surface area contributed by atoms with E-state index in [2.05, 4.69) is 0 Å². The molecule has 0 saturated heterocycles. The first-order valence-electron chi connectivity index (χ1n) is 6.48. The highest BCUT2D eigenvalue weighted by Crippen LogP contribution is 2.25. The molecule has 0 radical (unpaired) electrons. The van der Waals surface area contributed by atoms with E-state index in [0.29, 0.717) is 0 Å². The second kappa shape index (κ2) is 5.17. The summed E-state index contributed by atoms with van der Waals surface area (Å²) in [6.07, 6.45) is 1.92. The minimum atomic E-state index is -0.286. The van der Waals surface area contributed by atoms with Crippen molar-refractivity contribution in [2.75, 3.05) is 6.54 Å². The lowest BCUT2D eigenvalue weighted by Gasteiger charge is -2.16. The van der Waals surface area contributed by atoms with E-state index in [4.69, 9.17) is 0 Å². The Labute approximate surface area is 116 Å². The first kappa shape index (κ1) is 12.4. The number of para-hydroxylation sites is 1. The molecule has 3 aromatic rings. The van der Waals surface area contributed by atoms with E-state index in [9.17, 15) is 10.1 Å². The first-order valence-corrected chi connectivity index (χ1v) is 6.48. The average molecular weight is 266 g/mol. The molecular formula is C16H14N2O2. The van der Waals surface area contributed by atoms with Gasteiger partial charge in [-0.05, 0) is 23.1 Å². The molecule has 0 fully saturated rings. The molecule has 0 N–H and O–H groups in total. The van der Waals surface area contributed by atoms with E-state index < -0.39 is 0 Å². The van der Waals surface area contributed by atoms with Crippen LogP contribution in [0.4, 0.5) is 0 Å². The molecule has 0 saturated carbocycles. The van der Waals surface area contributed by atoms with E-state index in [1.54, 1.807) is 0 Å². The van der Waals surface area contributed by atoms with E-state index in [1.807, 2.05) is 71.4 Å². The van der Waals surface area contributed by atoms with Crippen molar-refractivity contribution in [1.82, 2.24) is 4.57 Å². The summed E-state index contributed by atoms with van der Waals surface area (Å²) in [5.41, 5.74) is 1.97. The minimum Gasteiger partial charge on any atom is -0.333 e. The highest BCUT2D eigenvalue weighted by molar-refractivity contribution is 5.80. The molecule has 2 aromatic carbocycles. The first-order chi connectivity index (χ1) is 9.75. The number of hydrogen-bond acceptors (Lipinski definition) is 2. The van der Waals surface area contributed by atoms with Crippen LogP contribution in [0.3, 0.4) is 0 Å². The molecule has 4 nitrogen and oxygen atoms in total. The Morgan fingerprint density at radius 2 is 1.70 bits per heavy atom. The van der Waals surface area contributed by atoms with Crippen molar-refractivity contribution in [3.63, 3.8) is 0 Å². The van der Waals surface area contributed by atoms with Gasteiger partial charge in [-0.3, -0.25) is 10.1 Å². The maximum atomic E-state index is 11.0. The van der Waals surface area contributed by atoms with Crippen LogP contribution in [0, 0.1) is 10.1 Å². The second-order valence-electron chi connectivity index (χ2n) is 4.72. The van der Waals surface area contributed by atoms with Crippen molar-refractivity contribution in [3.8, 4) is 0 Å². The van der Waals surface area contributed by atoms with Crippen LogP contribution in [0.1, 0.15) is 11.6 Å². The quantitative estimate of drug-likeness (QED) is 0.536. The van der Waals surface area contributed by atoms with Crippen LogP contribution >= 0.6 is 0 Å². The van der Waals surface area contributed by atoms with Gasteiger partial charge in [0.05, 0.1) is 0 Å². The Morgan fingerprint density at radius 3 is 2.45 bits per heavy atom.